The van der Waals surface area contributed by atoms with Gasteiger partial charge in [0.15, 0.2) is 17.5 Å². The zero-order valence-electron chi connectivity index (χ0n) is 16.8. The smallest absolute Gasteiger partial charge is 0.333 e. The third-order valence-corrected chi connectivity index (χ3v) is 5.74. The number of amides is 1. The summed E-state index contributed by atoms with van der Waals surface area (Å²) in [5, 5.41) is 0. The fourth-order valence-corrected chi connectivity index (χ4v) is 4.36. The number of carbonyl (C=O) groups excluding carboxylic acids is 2. The van der Waals surface area contributed by atoms with Crippen LogP contribution >= 0.6 is 24.0 Å². The quantitative estimate of drug-likeness (QED) is 0.361. The predicted octanol–water partition coefficient (Wildman–Crippen LogP) is 4.21. The van der Waals surface area contributed by atoms with E-state index in [4.69, 9.17) is 26.4 Å². The van der Waals surface area contributed by atoms with Crippen molar-refractivity contribution in [1.29, 1.82) is 0 Å². The van der Waals surface area contributed by atoms with Crippen LogP contribution in [0.1, 0.15) is 24.1 Å². The van der Waals surface area contributed by atoms with Gasteiger partial charge in [0.25, 0.3) is 5.91 Å². The summed E-state index contributed by atoms with van der Waals surface area (Å²) in [6, 6.07) is 13.4. The van der Waals surface area contributed by atoms with E-state index in [9.17, 15) is 9.59 Å². The highest BCUT2D eigenvalue weighted by atomic mass is 32.2. The van der Waals surface area contributed by atoms with Crippen LogP contribution in [0.15, 0.2) is 53.4 Å². The van der Waals surface area contributed by atoms with E-state index in [1.165, 1.54) is 4.90 Å². The van der Waals surface area contributed by atoms with Crippen LogP contribution in [0.5, 0.6) is 11.5 Å². The molecule has 1 saturated heterocycles. The summed E-state index contributed by atoms with van der Waals surface area (Å²) in [4.78, 5) is 27.6. The molecule has 6 nitrogen and oxygen atoms in total. The topological polar surface area (TPSA) is 65.1 Å². The molecule has 1 unspecified atom stereocenters. The van der Waals surface area contributed by atoms with Crippen LogP contribution in [-0.4, -0.2) is 41.9 Å². The molecule has 0 spiro atoms. The summed E-state index contributed by atoms with van der Waals surface area (Å²) in [7, 11) is 3.10. The Morgan fingerprint density at radius 3 is 2.47 bits per heavy atom. The van der Waals surface area contributed by atoms with Crippen molar-refractivity contribution in [2.75, 3.05) is 20.8 Å². The van der Waals surface area contributed by atoms with Crippen molar-refractivity contribution in [2.45, 2.75) is 13.0 Å². The molecule has 1 amide bonds. The maximum atomic E-state index is 13.2. The second-order valence-corrected chi connectivity index (χ2v) is 7.91. The van der Waals surface area contributed by atoms with Crippen molar-refractivity contribution in [3.05, 3.63) is 64.6 Å². The number of hydrogen-bond acceptors (Lipinski definition) is 7. The lowest BCUT2D eigenvalue weighted by atomic mass is 10.1. The van der Waals surface area contributed by atoms with Gasteiger partial charge in [-0.1, -0.05) is 60.4 Å². The highest BCUT2D eigenvalue weighted by Gasteiger charge is 2.42. The summed E-state index contributed by atoms with van der Waals surface area (Å²) >= 11 is 6.60. The second kappa shape index (κ2) is 9.77. The second-order valence-electron chi connectivity index (χ2n) is 6.23. The fraction of sp³-hybridized carbons (Fsp3) is 0.227. The molecule has 0 saturated carbocycles. The maximum Gasteiger partial charge on any atom is 0.333 e. The number of rotatable bonds is 7. The molecular weight excluding hydrogens is 422 g/mol. The van der Waals surface area contributed by atoms with Crippen molar-refractivity contribution in [2.24, 2.45) is 0 Å². The van der Waals surface area contributed by atoms with Crippen molar-refractivity contribution in [1.82, 2.24) is 4.90 Å². The zero-order chi connectivity index (χ0) is 21.7. The number of thioether (sulfide) groups is 1. The lowest BCUT2D eigenvalue weighted by Crippen LogP contribution is -2.38. The van der Waals surface area contributed by atoms with Crippen LogP contribution < -0.4 is 9.47 Å². The summed E-state index contributed by atoms with van der Waals surface area (Å²) in [6.45, 7) is 1.93. The van der Waals surface area contributed by atoms with Gasteiger partial charge in [0.05, 0.1) is 25.7 Å². The van der Waals surface area contributed by atoms with Crippen LogP contribution in [0.2, 0.25) is 0 Å². The first-order valence-corrected chi connectivity index (χ1v) is 10.4. The van der Waals surface area contributed by atoms with E-state index < -0.39 is 12.0 Å². The summed E-state index contributed by atoms with van der Waals surface area (Å²) in [6.07, 6.45) is 1.72. The van der Waals surface area contributed by atoms with Gasteiger partial charge in [-0.2, -0.15) is 0 Å². The van der Waals surface area contributed by atoms with Crippen molar-refractivity contribution in [3.8, 4) is 11.5 Å². The third kappa shape index (κ3) is 4.49. The van der Waals surface area contributed by atoms with Gasteiger partial charge in [0.2, 0.25) is 0 Å². The molecule has 30 heavy (non-hydrogen) atoms. The van der Waals surface area contributed by atoms with Crippen LogP contribution in [0.3, 0.4) is 0 Å². The van der Waals surface area contributed by atoms with E-state index in [0.717, 1.165) is 17.3 Å². The monoisotopic (exact) mass is 443 g/mol. The highest BCUT2D eigenvalue weighted by Crippen LogP contribution is 2.39. The van der Waals surface area contributed by atoms with Crippen LogP contribution in [0.4, 0.5) is 0 Å². The van der Waals surface area contributed by atoms with Crippen LogP contribution in [-0.2, 0) is 14.3 Å². The average Bonchev–Trinajstić information content (AvgIpc) is 3.02. The number of benzene rings is 2. The summed E-state index contributed by atoms with van der Waals surface area (Å²) in [5.41, 5.74) is 1.39. The van der Waals surface area contributed by atoms with Gasteiger partial charge in [-0.15, -0.1) is 0 Å². The standard InChI is InChI=1S/C22H21NO5S2/c1-4-28-21(25)19(15-8-6-5-7-9-15)23-20(24)18(30-22(23)29)13-14-10-11-16(26-2)17(12-14)27-3/h5-13,19H,4H2,1-3H3/b18-13-. The summed E-state index contributed by atoms with van der Waals surface area (Å²) < 4.78 is 16.1. The van der Waals surface area contributed by atoms with Gasteiger partial charge in [0, 0.05) is 0 Å². The molecule has 3 rings (SSSR count). The Labute approximate surface area is 184 Å². The third-order valence-electron chi connectivity index (χ3n) is 4.41. The van der Waals surface area contributed by atoms with E-state index >= 15 is 0 Å². The molecule has 1 heterocycles. The Balaban J connectivity index is 1.96. The summed E-state index contributed by atoms with van der Waals surface area (Å²) in [5.74, 6) is 0.276. The lowest BCUT2D eigenvalue weighted by molar-refractivity contribution is -0.151. The van der Waals surface area contributed by atoms with Gasteiger partial charge in [-0.05, 0) is 36.3 Å². The minimum absolute atomic E-state index is 0.207. The van der Waals surface area contributed by atoms with Crippen molar-refractivity contribution >= 4 is 46.3 Å². The molecule has 2 aromatic carbocycles. The Morgan fingerprint density at radius 1 is 1.13 bits per heavy atom. The van der Waals surface area contributed by atoms with Gasteiger partial charge in [0.1, 0.15) is 4.32 Å². The Hall–Kier alpha value is -2.84. The number of hydrogen-bond donors (Lipinski definition) is 0. The average molecular weight is 444 g/mol. The Kier molecular flexibility index (Phi) is 7.12. The number of nitrogens with zero attached hydrogens (tertiary/aromatic N) is 1. The molecule has 1 fully saturated rings. The van der Waals surface area contributed by atoms with Crippen LogP contribution in [0, 0.1) is 0 Å². The number of esters is 1. The van der Waals surface area contributed by atoms with Crippen molar-refractivity contribution < 1.29 is 23.8 Å². The van der Waals surface area contributed by atoms with Gasteiger partial charge in [-0.25, -0.2) is 4.79 Å². The molecule has 2 aromatic rings. The fourth-order valence-electron chi connectivity index (χ4n) is 3.04. The van der Waals surface area contributed by atoms with Gasteiger partial charge < -0.3 is 14.2 Å². The molecule has 8 heteroatoms. The van der Waals surface area contributed by atoms with E-state index in [1.54, 1.807) is 63.6 Å². The number of methoxy groups -OCH3 is 2. The van der Waals surface area contributed by atoms with Crippen molar-refractivity contribution in [3.63, 3.8) is 0 Å². The largest absolute Gasteiger partial charge is 0.493 e. The SMILES string of the molecule is CCOC(=O)C(c1ccccc1)N1C(=O)/C(=C/c2ccc(OC)c(OC)c2)SC1=S. The minimum Gasteiger partial charge on any atom is -0.493 e. The Bertz CT molecular complexity index is 990. The molecule has 156 valence electrons. The molecule has 0 bridgehead atoms. The first-order chi connectivity index (χ1) is 14.5. The highest BCUT2D eigenvalue weighted by molar-refractivity contribution is 8.26. The molecule has 0 N–H and O–H groups in total. The minimum atomic E-state index is -0.935. The molecular formula is C22H21NO5S2. The normalized spacial score (nSPS) is 16.0. The zero-order valence-corrected chi connectivity index (χ0v) is 18.4. The van der Waals surface area contributed by atoms with Gasteiger partial charge in [-0.3, -0.25) is 9.69 Å². The van der Waals surface area contributed by atoms with Gasteiger partial charge >= 0.3 is 5.97 Å². The van der Waals surface area contributed by atoms with E-state index in [1.807, 2.05) is 12.1 Å². The van der Waals surface area contributed by atoms with E-state index in [2.05, 4.69) is 0 Å². The molecule has 0 radical (unpaired) electrons. The lowest BCUT2D eigenvalue weighted by Gasteiger charge is -2.25. The molecule has 1 aliphatic heterocycles. The Morgan fingerprint density at radius 2 is 1.83 bits per heavy atom. The predicted molar refractivity (Wildman–Crippen MR) is 120 cm³/mol. The molecule has 1 atom stereocenters. The molecule has 1 aliphatic rings. The van der Waals surface area contributed by atoms with Crippen LogP contribution in [0.25, 0.3) is 6.08 Å². The van der Waals surface area contributed by atoms with E-state index in [-0.39, 0.29) is 12.5 Å². The first kappa shape index (κ1) is 21.9. The number of ether oxygens (including phenoxy) is 3. The molecule has 0 aliphatic carbocycles. The molecule has 0 aromatic heterocycles. The number of thiocarbonyl (C=S) groups is 1. The first-order valence-electron chi connectivity index (χ1n) is 9.20. The number of carbonyl (C=O) groups is 2. The maximum absolute atomic E-state index is 13.2. The van der Waals surface area contributed by atoms with E-state index in [0.29, 0.717) is 26.3 Å².